The van der Waals surface area contributed by atoms with E-state index in [2.05, 4.69) is 0 Å². The summed E-state index contributed by atoms with van der Waals surface area (Å²) in [4.78, 5) is 50.8. The van der Waals surface area contributed by atoms with Gasteiger partial charge in [-0.3, -0.25) is 14.4 Å². The number of carbonyl (C=O) groups excluding carboxylic acids is 4. The van der Waals surface area contributed by atoms with Gasteiger partial charge in [0.15, 0.2) is 6.10 Å². The molecule has 2 aromatic rings. The van der Waals surface area contributed by atoms with E-state index >= 15 is 0 Å². The lowest BCUT2D eigenvalue weighted by atomic mass is 10.1. The standard InChI is InChI=1S/C24H25NO6/c1-4-30-23(28)18-9-11-20(12-10-18)25-14-19(13-21(25)26)24(29)31-16(3)22(27)17-7-5-15(2)6-8-17/h5-12,16,19H,4,13-14H2,1-3H3. The van der Waals surface area contributed by atoms with Crippen LogP contribution in [0.5, 0.6) is 0 Å². The predicted octanol–water partition coefficient (Wildman–Crippen LogP) is 3.34. The first kappa shape index (κ1) is 22.2. The van der Waals surface area contributed by atoms with Crippen molar-refractivity contribution < 1.29 is 28.7 Å². The van der Waals surface area contributed by atoms with E-state index in [-0.39, 0.29) is 31.3 Å². The maximum atomic E-state index is 12.6. The van der Waals surface area contributed by atoms with Gasteiger partial charge in [-0.25, -0.2) is 4.79 Å². The Balaban J connectivity index is 1.61. The van der Waals surface area contributed by atoms with Gasteiger partial charge < -0.3 is 14.4 Å². The van der Waals surface area contributed by atoms with Gasteiger partial charge in [0.25, 0.3) is 0 Å². The maximum Gasteiger partial charge on any atom is 0.338 e. The summed E-state index contributed by atoms with van der Waals surface area (Å²) in [7, 11) is 0. The van der Waals surface area contributed by atoms with Crippen LogP contribution in [-0.2, 0) is 19.1 Å². The highest BCUT2D eigenvalue weighted by Crippen LogP contribution is 2.27. The first-order chi connectivity index (χ1) is 14.8. The van der Waals surface area contributed by atoms with E-state index < -0.39 is 24.0 Å². The fourth-order valence-corrected chi connectivity index (χ4v) is 3.38. The Hall–Kier alpha value is -3.48. The summed E-state index contributed by atoms with van der Waals surface area (Å²) in [6.45, 7) is 5.61. The largest absolute Gasteiger partial charge is 0.462 e. The fraction of sp³-hybridized carbons (Fsp3) is 0.333. The van der Waals surface area contributed by atoms with Crippen molar-refractivity contribution in [2.75, 3.05) is 18.1 Å². The van der Waals surface area contributed by atoms with E-state index in [0.29, 0.717) is 16.8 Å². The van der Waals surface area contributed by atoms with Gasteiger partial charge in [-0.05, 0) is 45.0 Å². The molecule has 7 heteroatoms. The lowest BCUT2D eigenvalue weighted by Gasteiger charge is -2.18. The first-order valence-corrected chi connectivity index (χ1v) is 10.2. The molecular formula is C24H25NO6. The van der Waals surface area contributed by atoms with Crippen LogP contribution < -0.4 is 4.90 Å². The molecule has 0 saturated carbocycles. The Labute approximate surface area is 180 Å². The quantitative estimate of drug-likeness (QED) is 0.501. The van der Waals surface area contributed by atoms with Gasteiger partial charge in [0.1, 0.15) is 0 Å². The number of anilines is 1. The molecule has 0 aromatic heterocycles. The summed E-state index contributed by atoms with van der Waals surface area (Å²) >= 11 is 0. The van der Waals surface area contributed by atoms with Crippen LogP contribution in [0.15, 0.2) is 48.5 Å². The minimum absolute atomic E-state index is 0.00387. The highest BCUT2D eigenvalue weighted by molar-refractivity contribution is 6.02. The molecule has 7 nitrogen and oxygen atoms in total. The van der Waals surface area contributed by atoms with E-state index in [4.69, 9.17) is 9.47 Å². The van der Waals surface area contributed by atoms with E-state index in [1.165, 1.54) is 11.8 Å². The van der Waals surface area contributed by atoms with Crippen molar-refractivity contribution >= 4 is 29.3 Å². The second kappa shape index (κ2) is 9.55. The van der Waals surface area contributed by atoms with Crippen LogP contribution in [0, 0.1) is 12.8 Å². The second-order valence-electron chi connectivity index (χ2n) is 7.48. The van der Waals surface area contributed by atoms with Gasteiger partial charge in [-0.15, -0.1) is 0 Å². The van der Waals surface area contributed by atoms with Crippen molar-refractivity contribution in [2.45, 2.75) is 33.3 Å². The van der Waals surface area contributed by atoms with Gasteiger partial charge >= 0.3 is 11.9 Å². The van der Waals surface area contributed by atoms with Crippen LogP contribution in [0.1, 0.15) is 46.5 Å². The predicted molar refractivity (Wildman–Crippen MR) is 114 cm³/mol. The number of amides is 1. The van der Waals surface area contributed by atoms with Crippen LogP contribution in [0.3, 0.4) is 0 Å². The first-order valence-electron chi connectivity index (χ1n) is 10.2. The Morgan fingerprint density at radius 1 is 1.03 bits per heavy atom. The van der Waals surface area contributed by atoms with Crippen LogP contribution in [0.4, 0.5) is 5.69 Å². The summed E-state index contributed by atoms with van der Waals surface area (Å²) in [5.74, 6) is -2.18. The third-order valence-corrected chi connectivity index (χ3v) is 5.15. The Morgan fingerprint density at radius 2 is 1.65 bits per heavy atom. The van der Waals surface area contributed by atoms with Crippen molar-refractivity contribution in [3.8, 4) is 0 Å². The number of ketones is 1. The van der Waals surface area contributed by atoms with Crippen LogP contribution >= 0.6 is 0 Å². The lowest BCUT2D eigenvalue weighted by Crippen LogP contribution is -2.30. The van der Waals surface area contributed by atoms with Gasteiger partial charge in [-0.1, -0.05) is 29.8 Å². The normalized spacial score (nSPS) is 16.7. The zero-order valence-electron chi connectivity index (χ0n) is 17.8. The van der Waals surface area contributed by atoms with E-state index in [9.17, 15) is 19.2 Å². The minimum Gasteiger partial charge on any atom is -0.462 e. The molecule has 3 rings (SSSR count). The number of nitrogens with zero attached hydrogens (tertiary/aromatic N) is 1. The number of hydrogen-bond donors (Lipinski definition) is 0. The Morgan fingerprint density at radius 3 is 2.26 bits per heavy atom. The number of Topliss-reactive ketones (excluding diaryl/α,β-unsaturated/α-hetero) is 1. The van der Waals surface area contributed by atoms with Crippen molar-refractivity contribution in [3.63, 3.8) is 0 Å². The number of carbonyl (C=O) groups is 4. The minimum atomic E-state index is -0.941. The molecule has 0 bridgehead atoms. The Kier molecular flexibility index (Phi) is 6.84. The van der Waals surface area contributed by atoms with Crippen molar-refractivity contribution in [1.29, 1.82) is 0 Å². The van der Waals surface area contributed by atoms with Gasteiger partial charge in [0.2, 0.25) is 11.7 Å². The monoisotopic (exact) mass is 423 g/mol. The van der Waals surface area contributed by atoms with Crippen LogP contribution in [0.2, 0.25) is 0 Å². The molecule has 162 valence electrons. The topological polar surface area (TPSA) is 90.0 Å². The molecular weight excluding hydrogens is 398 g/mol. The molecule has 2 aromatic carbocycles. The van der Waals surface area contributed by atoms with Crippen molar-refractivity contribution in [3.05, 3.63) is 65.2 Å². The number of ether oxygens (including phenoxy) is 2. The molecule has 1 fully saturated rings. The van der Waals surface area contributed by atoms with Gasteiger partial charge in [0, 0.05) is 24.2 Å². The summed E-state index contributed by atoms with van der Waals surface area (Å²) in [5, 5.41) is 0. The summed E-state index contributed by atoms with van der Waals surface area (Å²) in [5.41, 5.74) is 2.46. The summed E-state index contributed by atoms with van der Waals surface area (Å²) in [6.07, 6.45) is -0.938. The molecule has 2 unspecified atom stereocenters. The Bertz CT molecular complexity index is 980. The number of esters is 2. The van der Waals surface area contributed by atoms with E-state index in [0.717, 1.165) is 5.56 Å². The van der Waals surface area contributed by atoms with E-state index in [1.807, 2.05) is 19.1 Å². The molecule has 1 saturated heterocycles. The number of hydrogen-bond acceptors (Lipinski definition) is 6. The molecule has 1 aliphatic rings. The van der Waals surface area contributed by atoms with Crippen LogP contribution in [0.25, 0.3) is 0 Å². The lowest BCUT2D eigenvalue weighted by molar-refractivity contribution is -0.151. The van der Waals surface area contributed by atoms with Gasteiger partial charge in [-0.2, -0.15) is 0 Å². The smallest absolute Gasteiger partial charge is 0.338 e. The average Bonchev–Trinajstić information content (AvgIpc) is 3.16. The maximum absolute atomic E-state index is 12.6. The molecule has 0 aliphatic carbocycles. The molecule has 1 amide bonds. The number of aryl methyl sites for hydroxylation is 1. The van der Waals surface area contributed by atoms with Crippen molar-refractivity contribution in [1.82, 2.24) is 0 Å². The highest BCUT2D eigenvalue weighted by atomic mass is 16.5. The SMILES string of the molecule is CCOC(=O)c1ccc(N2CC(C(=O)OC(C)C(=O)c3ccc(C)cc3)CC2=O)cc1. The second-order valence-corrected chi connectivity index (χ2v) is 7.48. The van der Waals surface area contributed by atoms with Crippen LogP contribution in [-0.4, -0.2) is 42.9 Å². The van der Waals surface area contributed by atoms with Gasteiger partial charge in [0.05, 0.1) is 18.1 Å². The zero-order valence-corrected chi connectivity index (χ0v) is 17.8. The third kappa shape index (κ3) is 5.17. The molecule has 31 heavy (non-hydrogen) atoms. The summed E-state index contributed by atoms with van der Waals surface area (Å²) < 4.78 is 10.3. The molecule has 0 spiro atoms. The van der Waals surface area contributed by atoms with E-state index in [1.54, 1.807) is 43.3 Å². The molecule has 0 radical (unpaired) electrons. The number of rotatable bonds is 7. The highest BCUT2D eigenvalue weighted by Gasteiger charge is 2.37. The molecule has 1 aliphatic heterocycles. The van der Waals surface area contributed by atoms with Crippen molar-refractivity contribution in [2.24, 2.45) is 5.92 Å². The third-order valence-electron chi connectivity index (χ3n) is 5.15. The number of benzene rings is 2. The summed E-state index contributed by atoms with van der Waals surface area (Å²) in [6, 6.07) is 13.5. The average molecular weight is 423 g/mol. The molecule has 1 heterocycles. The molecule has 0 N–H and O–H groups in total. The fourth-order valence-electron chi connectivity index (χ4n) is 3.38. The zero-order chi connectivity index (χ0) is 22.5. The molecule has 2 atom stereocenters.